The number of rotatable bonds is 7. The highest BCUT2D eigenvalue weighted by Gasteiger charge is 2.16. The summed E-state index contributed by atoms with van der Waals surface area (Å²) in [6, 6.07) is 6.47. The van der Waals surface area contributed by atoms with E-state index in [1.165, 1.54) is 18.4 Å². The summed E-state index contributed by atoms with van der Waals surface area (Å²) in [5, 5.41) is 5.78. The van der Waals surface area contributed by atoms with Gasteiger partial charge in [-0.15, -0.1) is 0 Å². The van der Waals surface area contributed by atoms with Crippen molar-refractivity contribution in [1.82, 2.24) is 9.62 Å². The summed E-state index contributed by atoms with van der Waals surface area (Å²) >= 11 is 0. The van der Waals surface area contributed by atoms with Crippen LogP contribution in [0, 0.1) is 0 Å². The van der Waals surface area contributed by atoms with Crippen molar-refractivity contribution >= 4 is 21.6 Å². The third kappa shape index (κ3) is 4.50. The number of anilines is 1. The molecule has 0 spiro atoms. The molecule has 20 heavy (non-hydrogen) atoms. The zero-order valence-corrected chi connectivity index (χ0v) is 12.8. The fourth-order valence-corrected chi connectivity index (χ4v) is 2.46. The van der Waals surface area contributed by atoms with E-state index in [0.29, 0.717) is 19.5 Å². The second-order valence-electron chi connectivity index (χ2n) is 4.44. The number of hydrogen-bond donors (Lipinski definition) is 2. The Morgan fingerprint density at radius 2 is 1.80 bits per heavy atom. The molecule has 0 unspecified atom stereocenters. The first-order valence-corrected chi connectivity index (χ1v) is 7.85. The number of sulfonamides is 1. The topological polar surface area (TPSA) is 78.5 Å². The largest absolute Gasteiger partial charge is 0.385 e. The first-order chi connectivity index (χ1) is 9.37. The molecule has 0 heterocycles. The number of carbonyl (C=O) groups excluding carboxylic acids is 1. The second kappa shape index (κ2) is 7.25. The number of nitrogens with zero attached hydrogens (tertiary/aromatic N) is 1. The molecule has 2 N–H and O–H groups in total. The Kier molecular flexibility index (Phi) is 5.97. The zero-order valence-electron chi connectivity index (χ0n) is 12.0. The summed E-state index contributed by atoms with van der Waals surface area (Å²) in [7, 11) is -0.406. The van der Waals surface area contributed by atoms with E-state index in [1.807, 2.05) is 6.92 Å². The number of carbonyl (C=O) groups is 1. The Hall–Kier alpha value is -1.60. The Labute approximate surface area is 120 Å². The van der Waals surface area contributed by atoms with Gasteiger partial charge in [0.1, 0.15) is 0 Å². The fourth-order valence-electron chi connectivity index (χ4n) is 1.56. The molecule has 0 radical (unpaired) electrons. The van der Waals surface area contributed by atoms with Crippen molar-refractivity contribution in [3.05, 3.63) is 24.3 Å². The van der Waals surface area contributed by atoms with Gasteiger partial charge < -0.3 is 10.6 Å². The Morgan fingerprint density at radius 1 is 1.20 bits per heavy atom. The molecule has 7 heteroatoms. The molecule has 0 aliphatic carbocycles. The van der Waals surface area contributed by atoms with Crippen molar-refractivity contribution in [3.8, 4) is 0 Å². The van der Waals surface area contributed by atoms with E-state index in [0.717, 1.165) is 5.69 Å². The predicted octanol–water partition coefficient (Wildman–Crippen LogP) is 0.875. The lowest BCUT2D eigenvalue weighted by Crippen LogP contribution is -2.24. The van der Waals surface area contributed by atoms with Crippen molar-refractivity contribution in [3.63, 3.8) is 0 Å². The van der Waals surface area contributed by atoms with Crippen LogP contribution in [0.15, 0.2) is 29.2 Å². The van der Waals surface area contributed by atoms with Gasteiger partial charge in [0.15, 0.2) is 0 Å². The van der Waals surface area contributed by atoms with Gasteiger partial charge in [0, 0.05) is 39.3 Å². The maximum Gasteiger partial charge on any atom is 0.242 e. The van der Waals surface area contributed by atoms with Gasteiger partial charge in [0.2, 0.25) is 15.9 Å². The molecule has 6 nitrogen and oxygen atoms in total. The van der Waals surface area contributed by atoms with Crippen LogP contribution in [0.2, 0.25) is 0 Å². The van der Waals surface area contributed by atoms with Crippen LogP contribution >= 0.6 is 0 Å². The van der Waals surface area contributed by atoms with Crippen LogP contribution in [0.25, 0.3) is 0 Å². The Bertz CT molecular complexity index is 538. The van der Waals surface area contributed by atoms with E-state index >= 15 is 0 Å². The van der Waals surface area contributed by atoms with E-state index in [9.17, 15) is 13.2 Å². The molecule has 1 aromatic rings. The van der Waals surface area contributed by atoms with Crippen molar-refractivity contribution in [2.75, 3.05) is 32.5 Å². The van der Waals surface area contributed by atoms with Crippen LogP contribution in [-0.4, -0.2) is 45.8 Å². The van der Waals surface area contributed by atoms with Gasteiger partial charge >= 0.3 is 0 Å². The fraction of sp³-hybridized carbons (Fsp3) is 0.462. The highest BCUT2D eigenvalue weighted by atomic mass is 32.2. The molecule has 0 saturated carbocycles. The van der Waals surface area contributed by atoms with E-state index in [4.69, 9.17) is 0 Å². The number of benzene rings is 1. The van der Waals surface area contributed by atoms with Crippen LogP contribution < -0.4 is 10.6 Å². The highest BCUT2D eigenvalue weighted by molar-refractivity contribution is 7.89. The summed E-state index contributed by atoms with van der Waals surface area (Å²) in [6.45, 7) is 3.00. The third-order valence-electron chi connectivity index (χ3n) is 2.69. The monoisotopic (exact) mass is 299 g/mol. The summed E-state index contributed by atoms with van der Waals surface area (Å²) in [4.78, 5) is 11.5. The molecule has 0 aromatic heterocycles. The Morgan fingerprint density at radius 3 is 2.30 bits per heavy atom. The Balaban J connectivity index is 2.58. The first kappa shape index (κ1) is 16.5. The highest BCUT2D eigenvalue weighted by Crippen LogP contribution is 2.16. The van der Waals surface area contributed by atoms with Gasteiger partial charge in [0.05, 0.1) is 4.90 Å². The molecule has 0 fully saturated rings. The van der Waals surface area contributed by atoms with E-state index < -0.39 is 10.0 Å². The lowest BCUT2D eigenvalue weighted by molar-refractivity contribution is -0.120. The summed E-state index contributed by atoms with van der Waals surface area (Å²) in [5.41, 5.74) is 0.784. The minimum atomic E-state index is -3.39. The molecular formula is C13H21N3O3S. The van der Waals surface area contributed by atoms with Crippen LogP contribution in [0.1, 0.15) is 13.3 Å². The average molecular weight is 299 g/mol. The second-order valence-corrected chi connectivity index (χ2v) is 6.59. The van der Waals surface area contributed by atoms with E-state index in [-0.39, 0.29) is 10.8 Å². The minimum absolute atomic E-state index is 0.00759. The van der Waals surface area contributed by atoms with Crippen LogP contribution in [0.3, 0.4) is 0 Å². The van der Waals surface area contributed by atoms with E-state index in [1.54, 1.807) is 24.3 Å². The molecule has 1 aromatic carbocycles. The normalized spacial score (nSPS) is 11.4. The van der Waals surface area contributed by atoms with E-state index in [2.05, 4.69) is 10.6 Å². The smallest absolute Gasteiger partial charge is 0.242 e. The third-order valence-corrected chi connectivity index (χ3v) is 4.52. The summed E-state index contributed by atoms with van der Waals surface area (Å²) < 4.78 is 24.9. The van der Waals surface area contributed by atoms with Gasteiger partial charge in [-0.25, -0.2) is 12.7 Å². The maximum absolute atomic E-state index is 11.9. The first-order valence-electron chi connectivity index (χ1n) is 6.41. The van der Waals surface area contributed by atoms with Crippen LogP contribution in [-0.2, 0) is 14.8 Å². The molecule has 112 valence electrons. The minimum Gasteiger partial charge on any atom is -0.385 e. The molecule has 0 saturated heterocycles. The quantitative estimate of drug-likeness (QED) is 0.783. The lowest BCUT2D eigenvalue weighted by atomic mass is 10.3. The van der Waals surface area contributed by atoms with Crippen LogP contribution in [0.4, 0.5) is 5.69 Å². The van der Waals surface area contributed by atoms with Gasteiger partial charge in [-0.1, -0.05) is 0 Å². The molecule has 0 bridgehead atoms. The maximum atomic E-state index is 11.9. The number of hydrogen-bond acceptors (Lipinski definition) is 4. The molecule has 0 aliphatic rings. The lowest BCUT2D eigenvalue weighted by Gasteiger charge is -2.12. The van der Waals surface area contributed by atoms with Crippen molar-refractivity contribution in [2.45, 2.75) is 18.2 Å². The van der Waals surface area contributed by atoms with Crippen molar-refractivity contribution < 1.29 is 13.2 Å². The molecule has 0 atom stereocenters. The standard InChI is InChI=1S/C13H21N3O3S/c1-4-14-13(17)9-10-15-11-5-7-12(8-6-11)20(18,19)16(2)3/h5-8,15H,4,9-10H2,1-3H3,(H,14,17). The summed E-state index contributed by atoms with van der Waals surface area (Å²) in [6.07, 6.45) is 0.381. The average Bonchev–Trinajstić information content (AvgIpc) is 2.39. The van der Waals surface area contributed by atoms with Gasteiger partial charge in [-0.2, -0.15) is 0 Å². The number of amides is 1. The molecular weight excluding hydrogens is 278 g/mol. The van der Waals surface area contributed by atoms with Gasteiger partial charge in [0.25, 0.3) is 0 Å². The van der Waals surface area contributed by atoms with Gasteiger partial charge in [-0.05, 0) is 31.2 Å². The van der Waals surface area contributed by atoms with Crippen molar-refractivity contribution in [2.24, 2.45) is 0 Å². The molecule has 0 aliphatic heterocycles. The van der Waals surface area contributed by atoms with Crippen molar-refractivity contribution in [1.29, 1.82) is 0 Å². The zero-order chi connectivity index (χ0) is 15.2. The molecule has 1 amide bonds. The summed E-state index contributed by atoms with van der Waals surface area (Å²) in [5.74, 6) is -0.00759. The van der Waals surface area contributed by atoms with Crippen LogP contribution in [0.5, 0.6) is 0 Å². The molecule has 1 rings (SSSR count). The predicted molar refractivity (Wildman–Crippen MR) is 79.1 cm³/mol. The number of nitrogens with one attached hydrogen (secondary N) is 2. The SMILES string of the molecule is CCNC(=O)CCNc1ccc(S(=O)(=O)N(C)C)cc1. The van der Waals surface area contributed by atoms with Gasteiger partial charge in [-0.3, -0.25) is 4.79 Å².